The number of hydrogen-bond donors (Lipinski definition) is 1. The number of carbonyl (C=O) groups excluding carboxylic acids is 3. The topological polar surface area (TPSA) is 75.7 Å². The highest BCUT2D eigenvalue weighted by Gasteiger charge is 2.70. The van der Waals surface area contributed by atoms with Crippen molar-refractivity contribution in [3.8, 4) is 0 Å². The monoisotopic (exact) mass is 554 g/mol. The molecule has 6 nitrogen and oxygen atoms in total. The molecule has 0 heterocycles. The maximum atomic E-state index is 14.5. The molecule has 5 aliphatic carbocycles. The quantitative estimate of drug-likeness (QED) is 0.405. The molecule has 1 unspecified atom stereocenters. The number of nitrogens with one attached hydrogen (secondary N) is 1. The highest BCUT2D eigenvalue weighted by Crippen LogP contribution is 2.75. The molecular weight excluding hydrogens is 500 g/mol. The minimum atomic E-state index is -0.495. The number of amides is 2. The van der Waals surface area contributed by atoms with E-state index in [1.54, 1.807) is 21.1 Å². The van der Waals surface area contributed by atoms with Crippen molar-refractivity contribution in [2.75, 3.05) is 14.2 Å². The van der Waals surface area contributed by atoms with Crippen LogP contribution in [0.4, 0.5) is 0 Å². The fraction of sp³-hybridized carbons (Fsp3) is 0.853. The van der Waals surface area contributed by atoms with E-state index in [1.807, 2.05) is 0 Å². The third kappa shape index (κ3) is 3.86. The van der Waals surface area contributed by atoms with Crippen molar-refractivity contribution in [3.05, 3.63) is 11.6 Å². The number of rotatable bonds is 3. The molecule has 0 spiro atoms. The summed E-state index contributed by atoms with van der Waals surface area (Å²) in [5.74, 6) is 0.968. The number of hydrogen-bond acceptors (Lipinski definition) is 4. The Hall–Kier alpha value is -1.69. The normalized spacial score (nSPS) is 47.5. The van der Waals surface area contributed by atoms with Crippen molar-refractivity contribution in [1.29, 1.82) is 0 Å². The lowest BCUT2D eigenvalue weighted by Gasteiger charge is -2.70. The van der Waals surface area contributed by atoms with Crippen LogP contribution >= 0.6 is 0 Å². The Morgan fingerprint density at radius 2 is 1.60 bits per heavy atom. The van der Waals surface area contributed by atoms with E-state index in [0.717, 1.165) is 57.8 Å². The first-order valence-electron chi connectivity index (χ1n) is 15.7. The minimum Gasteiger partial charge on any atom is -0.353 e. The van der Waals surface area contributed by atoms with E-state index >= 15 is 0 Å². The Bertz CT molecular complexity index is 1140. The van der Waals surface area contributed by atoms with Crippen molar-refractivity contribution in [2.45, 2.75) is 119 Å². The van der Waals surface area contributed by atoms with Crippen LogP contribution in [-0.2, 0) is 19.2 Å². The fourth-order valence-electron chi connectivity index (χ4n) is 11.3. The van der Waals surface area contributed by atoms with Gasteiger partial charge in [-0.25, -0.2) is 5.06 Å². The maximum absolute atomic E-state index is 14.5. The molecule has 40 heavy (non-hydrogen) atoms. The predicted octanol–water partition coefficient (Wildman–Crippen LogP) is 6.49. The predicted molar refractivity (Wildman–Crippen MR) is 157 cm³/mol. The van der Waals surface area contributed by atoms with Gasteiger partial charge in [0.15, 0.2) is 5.78 Å². The van der Waals surface area contributed by atoms with Crippen LogP contribution < -0.4 is 5.32 Å². The minimum absolute atomic E-state index is 0.0226. The molecule has 5 rings (SSSR count). The number of ketones is 1. The van der Waals surface area contributed by atoms with Crippen molar-refractivity contribution < 1.29 is 19.2 Å². The largest absolute Gasteiger partial charge is 0.353 e. The van der Waals surface area contributed by atoms with Crippen molar-refractivity contribution in [2.24, 2.45) is 50.2 Å². The molecule has 2 amide bonds. The Balaban J connectivity index is 1.55. The first-order valence-corrected chi connectivity index (χ1v) is 15.7. The van der Waals surface area contributed by atoms with Crippen LogP contribution in [0.3, 0.4) is 0 Å². The van der Waals surface area contributed by atoms with E-state index in [-0.39, 0.29) is 56.8 Å². The van der Waals surface area contributed by atoms with E-state index in [9.17, 15) is 14.4 Å². The van der Waals surface area contributed by atoms with Crippen LogP contribution in [0.15, 0.2) is 11.6 Å². The first-order chi connectivity index (χ1) is 18.4. The molecule has 4 fully saturated rings. The van der Waals surface area contributed by atoms with Gasteiger partial charge in [0.2, 0.25) is 5.91 Å². The molecule has 0 bridgehead atoms. The van der Waals surface area contributed by atoms with Gasteiger partial charge in [-0.2, -0.15) is 0 Å². The molecule has 224 valence electrons. The van der Waals surface area contributed by atoms with Gasteiger partial charge < -0.3 is 5.32 Å². The zero-order valence-corrected chi connectivity index (χ0v) is 26.8. The van der Waals surface area contributed by atoms with E-state index in [1.165, 1.54) is 10.6 Å². The third-order valence-corrected chi connectivity index (χ3v) is 14.1. The average Bonchev–Trinajstić information content (AvgIpc) is 2.87. The summed E-state index contributed by atoms with van der Waals surface area (Å²) in [4.78, 5) is 45.4. The second-order valence-electron chi connectivity index (χ2n) is 16.4. The zero-order valence-electron chi connectivity index (χ0n) is 26.8. The van der Waals surface area contributed by atoms with Gasteiger partial charge in [0.1, 0.15) is 0 Å². The van der Waals surface area contributed by atoms with Crippen LogP contribution in [-0.4, -0.2) is 42.9 Å². The number of fused-ring (bicyclic) bond motifs is 7. The van der Waals surface area contributed by atoms with Crippen LogP contribution in [0.1, 0.15) is 113 Å². The van der Waals surface area contributed by atoms with Crippen molar-refractivity contribution in [3.63, 3.8) is 0 Å². The molecule has 0 radical (unpaired) electrons. The summed E-state index contributed by atoms with van der Waals surface area (Å²) in [6.07, 6.45) is 11.0. The summed E-state index contributed by atoms with van der Waals surface area (Å²) in [5, 5.41) is 4.65. The molecule has 4 saturated carbocycles. The van der Waals surface area contributed by atoms with Crippen molar-refractivity contribution in [1.82, 2.24) is 10.4 Å². The molecule has 0 aromatic heterocycles. The van der Waals surface area contributed by atoms with Gasteiger partial charge in [-0.15, -0.1) is 0 Å². The Labute approximate surface area is 242 Å². The third-order valence-electron chi connectivity index (χ3n) is 14.1. The molecule has 0 aromatic carbocycles. The van der Waals surface area contributed by atoms with E-state index in [2.05, 4.69) is 59.9 Å². The molecule has 0 aliphatic heterocycles. The second kappa shape index (κ2) is 9.15. The smallest absolute Gasteiger partial charge is 0.251 e. The molecule has 9 atom stereocenters. The Morgan fingerprint density at radius 3 is 2.23 bits per heavy atom. The molecule has 0 saturated heterocycles. The van der Waals surface area contributed by atoms with Crippen LogP contribution in [0.2, 0.25) is 0 Å². The van der Waals surface area contributed by atoms with Gasteiger partial charge in [-0.3, -0.25) is 19.2 Å². The average molecular weight is 555 g/mol. The number of nitrogens with zero attached hydrogens (tertiary/aromatic N) is 1. The molecular formula is C34H54N2O4. The summed E-state index contributed by atoms with van der Waals surface area (Å²) in [6, 6.07) is 0.144. The number of allylic oxidation sites excluding steroid dienone is 2. The summed E-state index contributed by atoms with van der Waals surface area (Å²) >= 11 is 0. The van der Waals surface area contributed by atoms with Crippen LogP contribution in [0.25, 0.3) is 0 Å². The van der Waals surface area contributed by atoms with Gasteiger partial charge in [0.25, 0.3) is 5.91 Å². The van der Waals surface area contributed by atoms with Gasteiger partial charge >= 0.3 is 0 Å². The number of carbonyl (C=O) groups is 3. The number of hydroxylamine groups is 2. The lowest BCUT2D eigenvalue weighted by atomic mass is 9.33. The van der Waals surface area contributed by atoms with Gasteiger partial charge in [0, 0.05) is 31.3 Å². The summed E-state index contributed by atoms with van der Waals surface area (Å²) in [7, 11) is 3.26. The highest BCUT2D eigenvalue weighted by atomic mass is 16.7. The standard InChI is InChI=1S/C34H54N2O4/c1-21(37)35-26-12-13-32(6)25(29(26,2)3)11-14-34(8)27(32)24(38)19-22-23-20-31(5,28(39)36(9)40-10)16-15-30(23,4)17-18-33(22,34)7/h19,23,25-27H,11-18,20H2,1-10H3,(H,35,37)/t23-,25?,26-,27+,30+,31-,32-,33+,34+/m0/s1. The highest BCUT2D eigenvalue weighted by molar-refractivity contribution is 5.95. The van der Waals surface area contributed by atoms with E-state index in [4.69, 9.17) is 4.84 Å². The van der Waals surface area contributed by atoms with Gasteiger partial charge in [-0.1, -0.05) is 54.0 Å². The van der Waals surface area contributed by atoms with Gasteiger partial charge in [0.05, 0.1) is 7.11 Å². The summed E-state index contributed by atoms with van der Waals surface area (Å²) in [6.45, 7) is 18.1. The fourth-order valence-corrected chi connectivity index (χ4v) is 11.3. The first kappa shape index (κ1) is 29.8. The van der Waals surface area contributed by atoms with E-state index < -0.39 is 5.41 Å². The molecule has 1 N–H and O–H groups in total. The van der Waals surface area contributed by atoms with Gasteiger partial charge in [-0.05, 0) is 103 Å². The molecule has 6 heteroatoms. The summed E-state index contributed by atoms with van der Waals surface area (Å²) in [5.41, 5.74) is 0.569. The van der Waals surface area contributed by atoms with Crippen LogP contribution in [0, 0.1) is 50.2 Å². The van der Waals surface area contributed by atoms with Crippen LogP contribution in [0.5, 0.6) is 0 Å². The second-order valence-corrected chi connectivity index (χ2v) is 16.4. The lowest BCUT2D eigenvalue weighted by Crippen LogP contribution is -2.67. The molecule has 5 aliphatic rings. The Kier molecular flexibility index (Phi) is 6.82. The summed E-state index contributed by atoms with van der Waals surface area (Å²) < 4.78 is 0. The lowest BCUT2D eigenvalue weighted by molar-refractivity contribution is -0.193. The zero-order chi connectivity index (χ0) is 29.7. The Morgan fingerprint density at radius 1 is 0.950 bits per heavy atom. The SMILES string of the molecule is CON(C)C(=O)[C@@]1(C)CC[C@]2(C)CC[C@]3(C)C(=CC(=O)[C@@H]4[C@@]5(C)CC[C@H](NC(C)=O)C(C)(C)C5CC[C@]43C)[C@@H]2C1. The molecule has 0 aromatic rings. The van der Waals surface area contributed by atoms with E-state index in [0.29, 0.717) is 11.7 Å². The van der Waals surface area contributed by atoms with Crippen molar-refractivity contribution >= 4 is 17.6 Å². The maximum Gasteiger partial charge on any atom is 0.251 e.